The van der Waals surface area contributed by atoms with Gasteiger partial charge in [-0.05, 0) is 29.7 Å². The van der Waals surface area contributed by atoms with Crippen molar-refractivity contribution >= 4 is 10.9 Å². The van der Waals surface area contributed by atoms with Crippen molar-refractivity contribution in [2.75, 3.05) is 0 Å². The van der Waals surface area contributed by atoms with Gasteiger partial charge in [0.05, 0.1) is 0 Å². The number of aromatic amines is 1. The van der Waals surface area contributed by atoms with Crippen molar-refractivity contribution in [2.24, 2.45) is 0 Å². The summed E-state index contributed by atoms with van der Waals surface area (Å²) in [5.74, 6) is 0.113. The van der Waals surface area contributed by atoms with Gasteiger partial charge in [-0.25, -0.2) is 4.39 Å². The van der Waals surface area contributed by atoms with Crippen LogP contribution in [0.25, 0.3) is 10.9 Å². The van der Waals surface area contributed by atoms with Crippen LogP contribution in [-0.4, -0.2) is 4.98 Å². The average molecular weight is 179 g/mol. The molecule has 0 bridgehead atoms. The van der Waals surface area contributed by atoms with Gasteiger partial charge in [0, 0.05) is 18.5 Å². The molecule has 0 fully saturated rings. The highest BCUT2D eigenvalue weighted by Gasteiger charge is 2.10. The second-order valence-electron chi connectivity index (χ2n) is 3.55. The number of benzene rings is 1. The standard InChI is InChI=1S/C11H12FN.H2/c1-7(2)11-8-5-6-13-10(8)4-3-9(11)12;/h3-7,13H,1-2H3;1H. The maximum absolute atomic E-state index is 13.4. The Morgan fingerprint density at radius 1 is 1.31 bits per heavy atom. The predicted molar refractivity (Wildman–Crippen MR) is 54.5 cm³/mol. The van der Waals surface area contributed by atoms with Gasteiger partial charge in [0.15, 0.2) is 0 Å². The molecule has 1 aromatic carbocycles. The van der Waals surface area contributed by atoms with Crippen LogP contribution in [0, 0.1) is 5.82 Å². The molecule has 1 aromatic heterocycles. The second kappa shape index (κ2) is 2.87. The first-order valence-electron chi connectivity index (χ1n) is 4.45. The minimum absolute atomic E-state index is 0. The zero-order valence-electron chi connectivity index (χ0n) is 7.76. The van der Waals surface area contributed by atoms with Crippen LogP contribution in [0.4, 0.5) is 4.39 Å². The Bertz CT molecular complexity index is 434. The van der Waals surface area contributed by atoms with Crippen molar-refractivity contribution < 1.29 is 5.82 Å². The van der Waals surface area contributed by atoms with E-state index in [9.17, 15) is 4.39 Å². The lowest BCUT2D eigenvalue weighted by atomic mass is 9.99. The van der Waals surface area contributed by atoms with E-state index in [1.165, 1.54) is 6.07 Å². The Balaban J connectivity index is 0.000000980. The van der Waals surface area contributed by atoms with Gasteiger partial charge < -0.3 is 4.98 Å². The van der Waals surface area contributed by atoms with Crippen LogP contribution in [0.15, 0.2) is 24.4 Å². The molecule has 0 unspecified atom stereocenters. The Morgan fingerprint density at radius 3 is 2.77 bits per heavy atom. The van der Waals surface area contributed by atoms with Crippen molar-refractivity contribution in [1.29, 1.82) is 0 Å². The van der Waals surface area contributed by atoms with Crippen LogP contribution >= 0.6 is 0 Å². The molecule has 1 N–H and O–H groups in total. The lowest BCUT2D eigenvalue weighted by Gasteiger charge is -2.08. The molecule has 0 spiro atoms. The van der Waals surface area contributed by atoms with Gasteiger partial charge in [-0.15, -0.1) is 0 Å². The molecule has 0 amide bonds. The Labute approximate surface area is 78.1 Å². The van der Waals surface area contributed by atoms with Crippen LogP contribution in [0.2, 0.25) is 0 Å². The largest absolute Gasteiger partial charge is 0.361 e. The molecular weight excluding hydrogens is 165 g/mol. The highest BCUT2D eigenvalue weighted by molar-refractivity contribution is 5.83. The zero-order valence-corrected chi connectivity index (χ0v) is 7.76. The molecule has 0 aliphatic carbocycles. The first-order valence-corrected chi connectivity index (χ1v) is 4.45. The highest BCUT2D eigenvalue weighted by Crippen LogP contribution is 2.27. The first kappa shape index (κ1) is 8.30. The van der Waals surface area contributed by atoms with E-state index < -0.39 is 0 Å². The van der Waals surface area contributed by atoms with Gasteiger partial charge in [0.25, 0.3) is 0 Å². The lowest BCUT2D eigenvalue weighted by Crippen LogP contribution is -1.93. The summed E-state index contributed by atoms with van der Waals surface area (Å²) in [6.45, 7) is 4.01. The number of nitrogens with one attached hydrogen (secondary N) is 1. The SMILES string of the molecule is CC(C)c1c(F)ccc2[nH]ccc12.[HH]. The number of rotatable bonds is 1. The number of aromatic nitrogens is 1. The summed E-state index contributed by atoms with van der Waals surface area (Å²) in [4.78, 5) is 3.08. The van der Waals surface area contributed by atoms with E-state index in [2.05, 4.69) is 4.98 Å². The Morgan fingerprint density at radius 2 is 2.08 bits per heavy atom. The van der Waals surface area contributed by atoms with Crippen LogP contribution in [0.5, 0.6) is 0 Å². The summed E-state index contributed by atoms with van der Waals surface area (Å²) in [6, 6.07) is 5.22. The smallest absolute Gasteiger partial charge is 0.127 e. The molecule has 0 aliphatic rings. The fraction of sp³-hybridized carbons (Fsp3) is 0.273. The molecular formula is C11H14FN. The van der Waals surface area contributed by atoms with Crippen LogP contribution in [-0.2, 0) is 0 Å². The van der Waals surface area contributed by atoms with E-state index in [0.717, 1.165) is 16.5 Å². The Kier molecular flexibility index (Phi) is 1.83. The monoisotopic (exact) mass is 179 g/mol. The van der Waals surface area contributed by atoms with Crippen LogP contribution < -0.4 is 0 Å². The van der Waals surface area contributed by atoms with Gasteiger partial charge in [-0.3, -0.25) is 0 Å². The summed E-state index contributed by atoms with van der Waals surface area (Å²) in [5, 5.41) is 0.995. The summed E-state index contributed by atoms with van der Waals surface area (Å²) in [7, 11) is 0. The third-order valence-electron chi connectivity index (χ3n) is 2.30. The van der Waals surface area contributed by atoms with Crippen molar-refractivity contribution in [3.8, 4) is 0 Å². The molecule has 0 atom stereocenters. The average Bonchev–Trinajstić information content (AvgIpc) is 2.50. The molecule has 1 heterocycles. The molecule has 2 heteroatoms. The summed E-state index contributed by atoms with van der Waals surface area (Å²) < 4.78 is 13.4. The molecule has 1 nitrogen and oxygen atoms in total. The third-order valence-corrected chi connectivity index (χ3v) is 2.30. The van der Waals surface area contributed by atoms with Crippen LogP contribution in [0.1, 0.15) is 26.8 Å². The fourth-order valence-corrected chi connectivity index (χ4v) is 1.72. The van der Waals surface area contributed by atoms with Gasteiger partial charge in [0.1, 0.15) is 5.82 Å². The molecule has 0 saturated heterocycles. The van der Waals surface area contributed by atoms with E-state index in [1.54, 1.807) is 6.07 Å². The van der Waals surface area contributed by atoms with Crippen LogP contribution in [0.3, 0.4) is 0 Å². The molecule has 0 radical (unpaired) electrons. The highest BCUT2D eigenvalue weighted by atomic mass is 19.1. The van der Waals surface area contributed by atoms with E-state index in [0.29, 0.717) is 0 Å². The van der Waals surface area contributed by atoms with Gasteiger partial charge in [0.2, 0.25) is 0 Å². The molecule has 2 aromatic rings. The van der Waals surface area contributed by atoms with E-state index >= 15 is 0 Å². The van der Waals surface area contributed by atoms with E-state index in [4.69, 9.17) is 0 Å². The van der Waals surface area contributed by atoms with Crippen molar-refractivity contribution in [2.45, 2.75) is 19.8 Å². The van der Waals surface area contributed by atoms with E-state index in [1.807, 2.05) is 26.1 Å². The maximum atomic E-state index is 13.4. The Hall–Kier alpha value is -1.31. The molecule has 2 rings (SSSR count). The lowest BCUT2D eigenvalue weighted by molar-refractivity contribution is 0.602. The minimum Gasteiger partial charge on any atom is -0.361 e. The summed E-state index contributed by atoms with van der Waals surface area (Å²) in [6.07, 6.45) is 1.84. The zero-order chi connectivity index (χ0) is 9.42. The summed E-state index contributed by atoms with van der Waals surface area (Å²) in [5.41, 5.74) is 1.81. The van der Waals surface area contributed by atoms with Gasteiger partial charge >= 0.3 is 0 Å². The summed E-state index contributed by atoms with van der Waals surface area (Å²) >= 11 is 0. The number of hydrogen-bond donors (Lipinski definition) is 1. The van der Waals surface area contributed by atoms with Gasteiger partial charge in [-0.1, -0.05) is 13.8 Å². The predicted octanol–water partition coefficient (Wildman–Crippen LogP) is 3.68. The second-order valence-corrected chi connectivity index (χ2v) is 3.55. The van der Waals surface area contributed by atoms with Crippen molar-refractivity contribution in [3.05, 3.63) is 35.8 Å². The minimum atomic E-state index is -0.109. The molecule has 70 valence electrons. The van der Waals surface area contributed by atoms with Crippen molar-refractivity contribution in [1.82, 2.24) is 4.98 Å². The normalized spacial score (nSPS) is 11.4. The van der Waals surface area contributed by atoms with Crippen molar-refractivity contribution in [3.63, 3.8) is 0 Å². The molecule has 0 saturated carbocycles. The number of fused-ring (bicyclic) bond motifs is 1. The number of halogens is 1. The molecule has 13 heavy (non-hydrogen) atoms. The van der Waals surface area contributed by atoms with E-state index in [-0.39, 0.29) is 13.2 Å². The third kappa shape index (κ3) is 1.22. The van der Waals surface area contributed by atoms with Gasteiger partial charge in [-0.2, -0.15) is 0 Å². The fourth-order valence-electron chi connectivity index (χ4n) is 1.72. The number of H-pyrrole nitrogens is 1. The number of hydrogen-bond acceptors (Lipinski definition) is 0. The first-order chi connectivity index (χ1) is 6.20. The quantitative estimate of drug-likeness (QED) is 0.687. The molecule has 0 aliphatic heterocycles. The topological polar surface area (TPSA) is 15.8 Å². The maximum Gasteiger partial charge on any atom is 0.127 e.